The van der Waals surface area contributed by atoms with Crippen molar-refractivity contribution < 1.29 is 22.7 Å². The van der Waals surface area contributed by atoms with Gasteiger partial charge in [0.2, 0.25) is 5.89 Å². The minimum absolute atomic E-state index is 0.114. The van der Waals surface area contributed by atoms with Gasteiger partial charge in [0.15, 0.2) is 12.0 Å². The van der Waals surface area contributed by atoms with Crippen LogP contribution in [0.15, 0.2) is 46.9 Å². The largest absolute Gasteiger partial charge is 0.468 e. The Bertz CT molecular complexity index is 1030. The van der Waals surface area contributed by atoms with Gasteiger partial charge in [0, 0.05) is 16.1 Å². The van der Waals surface area contributed by atoms with E-state index in [4.69, 9.17) is 20.8 Å². The molecule has 0 aliphatic carbocycles. The zero-order chi connectivity index (χ0) is 21.2. The highest BCUT2D eigenvalue weighted by atomic mass is 35.5. The SMILES string of the molecule is CN(C)C(C)(Oc1ccc(-c2nnc(C(F)F)o2)cc1C=O)c1ccccc1Cl. The Kier molecular flexibility index (Phi) is 5.95. The molecular weight excluding hydrogens is 404 g/mol. The van der Waals surface area contributed by atoms with Crippen molar-refractivity contribution >= 4 is 17.9 Å². The highest BCUT2D eigenvalue weighted by Crippen LogP contribution is 2.36. The van der Waals surface area contributed by atoms with Crippen LogP contribution in [-0.2, 0) is 5.72 Å². The minimum Gasteiger partial charge on any atom is -0.468 e. The van der Waals surface area contributed by atoms with Crippen LogP contribution in [0.1, 0.15) is 35.2 Å². The fraction of sp³-hybridized carbons (Fsp3) is 0.250. The Morgan fingerprint density at radius 3 is 2.52 bits per heavy atom. The van der Waals surface area contributed by atoms with Gasteiger partial charge >= 0.3 is 6.43 Å². The van der Waals surface area contributed by atoms with Crippen molar-refractivity contribution in [2.75, 3.05) is 14.1 Å². The maximum Gasteiger partial charge on any atom is 0.314 e. The zero-order valence-corrected chi connectivity index (χ0v) is 16.7. The van der Waals surface area contributed by atoms with E-state index in [1.807, 2.05) is 44.1 Å². The molecule has 3 aromatic rings. The van der Waals surface area contributed by atoms with Gasteiger partial charge < -0.3 is 9.15 Å². The Morgan fingerprint density at radius 1 is 1.21 bits per heavy atom. The monoisotopic (exact) mass is 421 g/mol. The second kappa shape index (κ2) is 8.26. The summed E-state index contributed by atoms with van der Waals surface area (Å²) < 4.78 is 36.5. The van der Waals surface area contributed by atoms with Crippen LogP contribution >= 0.6 is 11.6 Å². The van der Waals surface area contributed by atoms with Crippen molar-refractivity contribution in [2.24, 2.45) is 0 Å². The van der Waals surface area contributed by atoms with E-state index in [1.165, 1.54) is 6.07 Å². The Balaban J connectivity index is 1.99. The van der Waals surface area contributed by atoms with Crippen LogP contribution in [0.4, 0.5) is 8.78 Å². The molecule has 0 saturated carbocycles. The standard InChI is InChI=1S/C20H18ClF2N3O3/c1-20(26(2)3,14-6-4-5-7-15(14)21)29-16-9-8-12(10-13(16)11-27)18-24-25-19(28-18)17(22)23/h4-11,17H,1-3H3. The Morgan fingerprint density at radius 2 is 1.93 bits per heavy atom. The average molecular weight is 422 g/mol. The van der Waals surface area contributed by atoms with Gasteiger partial charge in [0.1, 0.15) is 5.75 Å². The number of alkyl halides is 2. The van der Waals surface area contributed by atoms with E-state index in [1.54, 1.807) is 18.2 Å². The summed E-state index contributed by atoms with van der Waals surface area (Å²) in [5.41, 5.74) is 0.249. The normalized spacial score (nSPS) is 13.5. The smallest absolute Gasteiger partial charge is 0.314 e. The third-order valence-electron chi connectivity index (χ3n) is 4.55. The molecule has 0 bridgehead atoms. The van der Waals surface area contributed by atoms with Gasteiger partial charge in [-0.3, -0.25) is 9.69 Å². The van der Waals surface area contributed by atoms with Crippen LogP contribution in [0, 0.1) is 0 Å². The van der Waals surface area contributed by atoms with Crippen molar-refractivity contribution in [3.05, 3.63) is 64.5 Å². The van der Waals surface area contributed by atoms with E-state index >= 15 is 0 Å². The fourth-order valence-electron chi connectivity index (χ4n) is 2.74. The highest BCUT2D eigenvalue weighted by Gasteiger charge is 2.34. The first-order chi connectivity index (χ1) is 13.8. The van der Waals surface area contributed by atoms with Crippen LogP contribution in [0.2, 0.25) is 5.02 Å². The number of carbonyl (C=O) groups excluding carboxylic acids is 1. The second-order valence-corrected chi connectivity index (χ2v) is 6.98. The first-order valence-corrected chi connectivity index (χ1v) is 8.96. The molecule has 0 N–H and O–H groups in total. The van der Waals surface area contributed by atoms with Gasteiger partial charge in [-0.05, 0) is 45.3 Å². The number of nitrogens with zero attached hydrogens (tertiary/aromatic N) is 3. The molecular formula is C20H18ClF2N3O3. The van der Waals surface area contributed by atoms with Crippen molar-refractivity contribution in [1.82, 2.24) is 15.1 Å². The summed E-state index contributed by atoms with van der Waals surface area (Å²) in [5.74, 6) is -0.614. The molecule has 9 heteroatoms. The van der Waals surface area contributed by atoms with E-state index < -0.39 is 18.0 Å². The number of hydrogen-bond acceptors (Lipinski definition) is 6. The second-order valence-electron chi connectivity index (χ2n) is 6.58. The number of carbonyl (C=O) groups is 1. The molecule has 0 aliphatic rings. The van der Waals surface area contributed by atoms with Crippen LogP contribution in [0.5, 0.6) is 5.75 Å². The first kappa shape index (κ1) is 20.9. The van der Waals surface area contributed by atoms with Gasteiger partial charge in [0.05, 0.1) is 5.56 Å². The summed E-state index contributed by atoms with van der Waals surface area (Å²) in [4.78, 5) is 13.5. The number of aromatic nitrogens is 2. The van der Waals surface area contributed by atoms with E-state index in [0.717, 1.165) is 0 Å². The molecule has 0 fully saturated rings. The molecule has 1 atom stereocenters. The topological polar surface area (TPSA) is 68.5 Å². The van der Waals surface area contributed by atoms with Gasteiger partial charge in [-0.15, -0.1) is 10.2 Å². The Labute approximate surface area is 171 Å². The molecule has 1 aromatic heterocycles. The van der Waals surface area contributed by atoms with Crippen molar-refractivity contribution in [3.8, 4) is 17.2 Å². The predicted octanol–water partition coefficient (Wildman–Crippen LogP) is 4.95. The van der Waals surface area contributed by atoms with Crippen molar-refractivity contribution in [1.29, 1.82) is 0 Å². The van der Waals surface area contributed by atoms with Crippen LogP contribution in [0.3, 0.4) is 0 Å². The quantitative estimate of drug-likeness (QED) is 0.397. The Hall–Kier alpha value is -2.84. The molecule has 29 heavy (non-hydrogen) atoms. The fourth-order valence-corrected chi connectivity index (χ4v) is 3.06. The molecule has 0 spiro atoms. The molecule has 0 saturated heterocycles. The van der Waals surface area contributed by atoms with Gasteiger partial charge in [-0.25, -0.2) is 0 Å². The molecule has 3 rings (SSSR count). The van der Waals surface area contributed by atoms with Crippen LogP contribution in [0.25, 0.3) is 11.5 Å². The summed E-state index contributed by atoms with van der Waals surface area (Å²) in [7, 11) is 3.64. The zero-order valence-electron chi connectivity index (χ0n) is 15.9. The number of rotatable bonds is 7. The third-order valence-corrected chi connectivity index (χ3v) is 4.88. The van der Waals surface area contributed by atoms with Gasteiger partial charge in [-0.1, -0.05) is 29.8 Å². The summed E-state index contributed by atoms with van der Waals surface area (Å²) in [5, 5.41) is 7.40. The number of ether oxygens (including phenoxy) is 1. The molecule has 1 unspecified atom stereocenters. The summed E-state index contributed by atoms with van der Waals surface area (Å²) in [6.07, 6.45) is -2.27. The summed E-state index contributed by atoms with van der Waals surface area (Å²) in [6.45, 7) is 1.82. The van der Waals surface area contributed by atoms with E-state index in [9.17, 15) is 13.6 Å². The lowest BCUT2D eigenvalue weighted by Gasteiger charge is -2.38. The van der Waals surface area contributed by atoms with Crippen LogP contribution < -0.4 is 4.74 Å². The first-order valence-electron chi connectivity index (χ1n) is 8.59. The number of aldehydes is 1. The van der Waals surface area contributed by atoms with E-state index in [2.05, 4.69) is 10.2 Å². The molecule has 0 radical (unpaired) electrons. The number of benzene rings is 2. The number of hydrogen-bond donors (Lipinski definition) is 0. The van der Waals surface area contributed by atoms with Gasteiger partial charge in [-0.2, -0.15) is 8.78 Å². The molecule has 0 amide bonds. The summed E-state index contributed by atoms with van der Waals surface area (Å²) >= 11 is 6.36. The lowest BCUT2D eigenvalue weighted by atomic mass is 10.0. The van der Waals surface area contributed by atoms with E-state index in [-0.39, 0.29) is 17.2 Å². The molecule has 0 aliphatic heterocycles. The minimum atomic E-state index is -2.87. The maximum atomic E-state index is 12.7. The van der Waals surface area contributed by atoms with Gasteiger partial charge in [0.25, 0.3) is 5.89 Å². The predicted molar refractivity (Wildman–Crippen MR) is 103 cm³/mol. The van der Waals surface area contributed by atoms with E-state index in [0.29, 0.717) is 22.4 Å². The maximum absolute atomic E-state index is 12.7. The molecule has 6 nitrogen and oxygen atoms in total. The summed E-state index contributed by atoms with van der Waals surface area (Å²) in [6, 6.07) is 11.8. The van der Waals surface area contributed by atoms with Crippen molar-refractivity contribution in [3.63, 3.8) is 0 Å². The third kappa shape index (κ3) is 4.13. The lowest BCUT2D eigenvalue weighted by Crippen LogP contribution is -2.44. The highest BCUT2D eigenvalue weighted by molar-refractivity contribution is 6.31. The van der Waals surface area contributed by atoms with Crippen LogP contribution in [-0.4, -0.2) is 35.5 Å². The lowest BCUT2D eigenvalue weighted by molar-refractivity contribution is -0.0469. The van der Waals surface area contributed by atoms with Crippen molar-refractivity contribution in [2.45, 2.75) is 19.1 Å². The molecule has 1 heterocycles. The molecule has 2 aromatic carbocycles. The average Bonchev–Trinajstić information content (AvgIpc) is 3.19. The molecule has 152 valence electrons. The number of halogens is 3.